The molecule has 2 amide bonds. The van der Waals surface area contributed by atoms with Crippen molar-refractivity contribution in [2.24, 2.45) is 0 Å². The Balaban J connectivity index is 1.68. The van der Waals surface area contributed by atoms with Crippen LogP contribution in [0.1, 0.15) is 12.8 Å². The van der Waals surface area contributed by atoms with Gasteiger partial charge in [0, 0.05) is 17.3 Å². The molecule has 0 saturated carbocycles. The Labute approximate surface area is 163 Å². The van der Waals surface area contributed by atoms with E-state index in [1.807, 2.05) is 0 Å². The Morgan fingerprint density at radius 1 is 1.15 bits per heavy atom. The number of hydrogen-bond acceptors (Lipinski definition) is 4. The number of halogens is 1. The second kappa shape index (κ2) is 8.16. The first kappa shape index (κ1) is 19.5. The summed E-state index contributed by atoms with van der Waals surface area (Å²) in [6, 6.07) is 12.4. The van der Waals surface area contributed by atoms with E-state index >= 15 is 0 Å². The summed E-state index contributed by atoms with van der Waals surface area (Å²) in [5.74, 6) is 0.678. The predicted molar refractivity (Wildman–Crippen MR) is 104 cm³/mol. The first-order valence-corrected chi connectivity index (χ1v) is 10.2. The lowest BCUT2D eigenvalue weighted by atomic mass is 10.3. The fraction of sp³-hybridized carbons (Fsp3) is 0.278. The molecule has 0 aromatic heterocycles. The van der Waals surface area contributed by atoms with E-state index in [0.717, 1.165) is 0 Å². The minimum Gasteiger partial charge on any atom is -0.497 e. The maximum Gasteiger partial charge on any atom is 0.320 e. The number of anilines is 1. The number of nitrogens with one attached hydrogen (secondary N) is 2. The van der Waals surface area contributed by atoms with Gasteiger partial charge in [-0.3, -0.25) is 0 Å². The summed E-state index contributed by atoms with van der Waals surface area (Å²) >= 11 is 5.83. The quantitative estimate of drug-likeness (QED) is 0.793. The van der Waals surface area contributed by atoms with Crippen molar-refractivity contribution in [3.63, 3.8) is 0 Å². The largest absolute Gasteiger partial charge is 0.497 e. The first-order chi connectivity index (χ1) is 12.9. The highest BCUT2D eigenvalue weighted by atomic mass is 35.5. The van der Waals surface area contributed by atoms with Crippen LogP contribution in [-0.4, -0.2) is 38.6 Å². The van der Waals surface area contributed by atoms with Crippen LogP contribution in [0.4, 0.5) is 10.5 Å². The zero-order valence-corrected chi connectivity index (χ0v) is 16.3. The SMILES string of the molecule is COc1ccc(NC(=O)N[C@H]2CCCN2S(=O)(=O)c2ccc(Cl)cc2)cc1. The molecule has 0 radical (unpaired) electrons. The minimum absolute atomic E-state index is 0.149. The average Bonchev–Trinajstić information content (AvgIpc) is 3.11. The van der Waals surface area contributed by atoms with E-state index in [-0.39, 0.29) is 4.90 Å². The van der Waals surface area contributed by atoms with Crippen LogP contribution in [0.2, 0.25) is 5.02 Å². The van der Waals surface area contributed by atoms with E-state index < -0.39 is 22.2 Å². The summed E-state index contributed by atoms with van der Waals surface area (Å²) in [5, 5.41) is 5.89. The maximum atomic E-state index is 12.9. The molecule has 1 fully saturated rings. The van der Waals surface area contributed by atoms with Crippen LogP contribution >= 0.6 is 11.6 Å². The predicted octanol–water partition coefficient (Wildman–Crippen LogP) is 3.28. The number of urea groups is 1. The van der Waals surface area contributed by atoms with Gasteiger partial charge < -0.3 is 15.4 Å². The summed E-state index contributed by atoms with van der Waals surface area (Å²) in [5.41, 5.74) is 0.582. The van der Waals surface area contributed by atoms with E-state index in [4.69, 9.17) is 16.3 Å². The second-order valence-corrected chi connectivity index (χ2v) is 8.38. The van der Waals surface area contributed by atoms with Crippen LogP contribution in [0.15, 0.2) is 53.4 Å². The normalized spacial score (nSPS) is 17.5. The topological polar surface area (TPSA) is 87.7 Å². The zero-order valence-electron chi connectivity index (χ0n) is 14.7. The Kier molecular flexibility index (Phi) is 5.88. The lowest BCUT2D eigenvalue weighted by molar-refractivity contribution is 0.240. The lowest BCUT2D eigenvalue weighted by Crippen LogP contribution is -2.48. The number of sulfonamides is 1. The summed E-state index contributed by atoms with van der Waals surface area (Å²) in [6.45, 7) is 0.346. The van der Waals surface area contributed by atoms with Crippen molar-refractivity contribution in [1.29, 1.82) is 0 Å². The fourth-order valence-corrected chi connectivity index (χ4v) is 4.65. The van der Waals surface area contributed by atoms with Crippen molar-refractivity contribution in [2.45, 2.75) is 23.9 Å². The molecule has 2 N–H and O–H groups in total. The van der Waals surface area contributed by atoms with Gasteiger partial charge in [-0.15, -0.1) is 0 Å². The van der Waals surface area contributed by atoms with Crippen molar-refractivity contribution in [1.82, 2.24) is 9.62 Å². The molecular weight excluding hydrogens is 390 g/mol. The number of rotatable bonds is 5. The fourth-order valence-electron chi connectivity index (χ4n) is 2.91. The minimum atomic E-state index is -3.72. The van der Waals surface area contributed by atoms with Gasteiger partial charge in [0.15, 0.2) is 0 Å². The van der Waals surface area contributed by atoms with Gasteiger partial charge in [-0.2, -0.15) is 4.31 Å². The van der Waals surface area contributed by atoms with Crippen molar-refractivity contribution in [2.75, 3.05) is 19.0 Å². The van der Waals surface area contributed by atoms with Crippen molar-refractivity contribution < 1.29 is 17.9 Å². The Hall–Kier alpha value is -2.29. The van der Waals surface area contributed by atoms with Gasteiger partial charge in [0.05, 0.1) is 18.2 Å². The third kappa shape index (κ3) is 4.52. The monoisotopic (exact) mass is 409 g/mol. The number of methoxy groups -OCH3 is 1. The number of ether oxygens (including phenoxy) is 1. The molecule has 1 aliphatic heterocycles. The van der Waals surface area contributed by atoms with E-state index in [1.165, 1.54) is 28.6 Å². The number of carbonyl (C=O) groups excluding carboxylic acids is 1. The molecule has 1 saturated heterocycles. The average molecular weight is 410 g/mol. The van der Waals surface area contributed by atoms with Crippen LogP contribution < -0.4 is 15.4 Å². The van der Waals surface area contributed by atoms with Gasteiger partial charge in [0.25, 0.3) is 0 Å². The highest BCUT2D eigenvalue weighted by Crippen LogP contribution is 2.26. The highest BCUT2D eigenvalue weighted by Gasteiger charge is 2.36. The molecule has 2 aromatic carbocycles. The van der Waals surface area contributed by atoms with Crippen molar-refractivity contribution >= 4 is 33.3 Å². The third-order valence-corrected chi connectivity index (χ3v) is 6.44. The van der Waals surface area contributed by atoms with Gasteiger partial charge in [0.1, 0.15) is 5.75 Å². The van der Waals surface area contributed by atoms with Crippen LogP contribution in [-0.2, 0) is 10.0 Å². The molecule has 0 unspecified atom stereocenters. The Morgan fingerprint density at radius 2 is 1.81 bits per heavy atom. The number of carbonyl (C=O) groups is 1. The number of amides is 2. The number of benzene rings is 2. The highest BCUT2D eigenvalue weighted by molar-refractivity contribution is 7.89. The molecule has 1 atom stereocenters. The van der Waals surface area contributed by atoms with Crippen molar-refractivity contribution in [3.8, 4) is 5.75 Å². The Bertz CT molecular complexity index is 901. The summed E-state index contributed by atoms with van der Waals surface area (Å²) in [6.07, 6.45) is 0.604. The lowest BCUT2D eigenvalue weighted by Gasteiger charge is -2.25. The first-order valence-electron chi connectivity index (χ1n) is 8.39. The second-order valence-electron chi connectivity index (χ2n) is 6.05. The van der Waals surface area contributed by atoms with Gasteiger partial charge in [-0.25, -0.2) is 13.2 Å². The molecule has 0 bridgehead atoms. The smallest absolute Gasteiger partial charge is 0.320 e. The molecular formula is C18H20ClN3O4S. The standard InChI is InChI=1S/C18H20ClN3O4S/c1-26-15-8-6-14(7-9-15)20-18(23)21-17-3-2-12-22(17)27(24,25)16-10-4-13(19)5-11-16/h4-11,17H,2-3,12H2,1H3,(H2,20,21,23)/t17-/m1/s1. The van der Waals surface area contributed by atoms with E-state index in [9.17, 15) is 13.2 Å². The molecule has 9 heteroatoms. The molecule has 1 heterocycles. The summed E-state index contributed by atoms with van der Waals surface area (Å²) < 4.78 is 32.1. The van der Waals surface area contributed by atoms with Crippen molar-refractivity contribution in [3.05, 3.63) is 53.6 Å². The molecule has 3 rings (SSSR count). The van der Waals surface area contributed by atoms with E-state index in [2.05, 4.69) is 10.6 Å². The summed E-state index contributed by atoms with van der Waals surface area (Å²) in [4.78, 5) is 12.4. The van der Waals surface area contributed by atoms with Gasteiger partial charge in [-0.05, 0) is 61.4 Å². The van der Waals surface area contributed by atoms with Crippen LogP contribution in [0.3, 0.4) is 0 Å². The number of hydrogen-bond donors (Lipinski definition) is 2. The zero-order chi connectivity index (χ0) is 19.4. The summed E-state index contributed by atoms with van der Waals surface area (Å²) in [7, 11) is -2.16. The van der Waals surface area contributed by atoms with Crippen LogP contribution in [0, 0.1) is 0 Å². The molecule has 144 valence electrons. The third-order valence-electron chi connectivity index (χ3n) is 4.27. The van der Waals surface area contributed by atoms with Crippen LogP contribution in [0.25, 0.3) is 0 Å². The molecule has 0 aliphatic carbocycles. The molecule has 1 aliphatic rings. The molecule has 27 heavy (non-hydrogen) atoms. The van der Waals surface area contributed by atoms with Gasteiger partial charge in [0.2, 0.25) is 10.0 Å². The molecule has 2 aromatic rings. The van der Waals surface area contributed by atoms with Crippen LogP contribution in [0.5, 0.6) is 5.75 Å². The Morgan fingerprint density at radius 3 is 2.44 bits per heavy atom. The molecule has 7 nitrogen and oxygen atoms in total. The molecule has 0 spiro atoms. The maximum absolute atomic E-state index is 12.9. The number of nitrogens with zero attached hydrogens (tertiary/aromatic N) is 1. The van der Waals surface area contributed by atoms with Gasteiger partial charge >= 0.3 is 6.03 Å². The van der Waals surface area contributed by atoms with E-state index in [1.54, 1.807) is 31.4 Å². The van der Waals surface area contributed by atoms with Gasteiger partial charge in [-0.1, -0.05) is 11.6 Å². The van der Waals surface area contributed by atoms with E-state index in [0.29, 0.717) is 35.8 Å².